The van der Waals surface area contributed by atoms with Crippen molar-refractivity contribution in [3.63, 3.8) is 0 Å². The fourth-order valence-corrected chi connectivity index (χ4v) is 1.25. The van der Waals surface area contributed by atoms with Crippen molar-refractivity contribution < 1.29 is 18.5 Å². The Kier molecular flexibility index (Phi) is 4.67. The van der Waals surface area contributed by atoms with Gasteiger partial charge in [0, 0.05) is 18.6 Å². The summed E-state index contributed by atoms with van der Waals surface area (Å²) in [5.74, 6) is -2.91. The second-order valence-corrected chi connectivity index (χ2v) is 3.48. The Bertz CT molecular complexity index is 480. The highest BCUT2D eigenvalue weighted by atomic mass is 19.1. The molecule has 0 aromatic heterocycles. The Hall–Kier alpha value is -2.09. The molecule has 0 aliphatic carbocycles. The average molecular weight is 259 g/mol. The van der Waals surface area contributed by atoms with E-state index >= 15 is 0 Å². The Morgan fingerprint density at radius 2 is 2.06 bits per heavy atom. The van der Waals surface area contributed by atoms with E-state index in [0.717, 1.165) is 0 Å². The number of nitrogens with one attached hydrogen (secondary N) is 1. The molecule has 1 amide bonds. The summed E-state index contributed by atoms with van der Waals surface area (Å²) in [7, 11) is 0. The third kappa shape index (κ3) is 3.45. The van der Waals surface area contributed by atoms with Crippen LogP contribution in [0.1, 0.15) is 12.8 Å². The molecule has 0 saturated heterocycles. The lowest BCUT2D eigenvalue weighted by Gasteiger charge is -2.06. The number of hydrogen-bond acceptors (Lipinski definition) is 4. The molecule has 8 heteroatoms. The van der Waals surface area contributed by atoms with Crippen molar-refractivity contribution in [2.45, 2.75) is 12.8 Å². The highest BCUT2D eigenvalue weighted by molar-refractivity contribution is 5.91. The van der Waals surface area contributed by atoms with E-state index in [1.165, 1.54) is 0 Å². The molecule has 0 unspecified atom stereocenters. The lowest BCUT2D eigenvalue weighted by atomic mass is 10.2. The summed E-state index contributed by atoms with van der Waals surface area (Å²) in [6, 6.07) is 1.00. The average Bonchev–Trinajstić information content (AvgIpc) is 2.29. The van der Waals surface area contributed by atoms with Crippen LogP contribution in [0.4, 0.5) is 20.2 Å². The van der Waals surface area contributed by atoms with Gasteiger partial charge in [-0.1, -0.05) is 0 Å². The number of nitro groups is 1. The van der Waals surface area contributed by atoms with Crippen molar-refractivity contribution in [1.29, 1.82) is 0 Å². The van der Waals surface area contributed by atoms with E-state index in [9.17, 15) is 23.7 Å². The molecule has 0 radical (unpaired) electrons. The van der Waals surface area contributed by atoms with E-state index < -0.39 is 33.8 Å². The SMILES string of the molecule is NCCCC(=O)Nc1cc([N+](=O)[O-])c(F)cc1F. The number of carbonyl (C=O) groups is 1. The smallest absolute Gasteiger partial charge is 0.307 e. The largest absolute Gasteiger partial charge is 0.330 e. The van der Waals surface area contributed by atoms with Crippen molar-refractivity contribution in [3.8, 4) is 0 Å². The Morgan fingerprint density at radius 3 is 2.61 bits per heavy atom. The molecule has 0 bridgehead atoms. The van der Waals surface area contributed by atoms with E-state index in [1.54, 1.807) is 0 Å². The lowest BCUT2D eigenvalue weighted by Crippen LogP contribution is -2.14. The normalized spacial score (nSPS) is 10.2. The van der Waals surface area contributed by atoms with Crippen LogP contribution in [0, 0.1) is 21.7 Å². The van der Waals surface area contributed by atoms with Crippen LogP contribution < -0.4 is 11.1 Å². The first-order valence-electron chi connectivity index (χ1n) is 5.09. The minimum atomic E-state index is -1.29. The first-order chi connectivity index (χ1) is 8.45. The molecule has 98 valence electrons. The summed E-state index contributed by atoms with van der Waals surface area (Å²) in [4.78, 5) is 20.8. The van der Waals surface area contributed by atoms with Crippen LogP contribution in [-0.4, -0.2) is 17.4 Å². The third-order valence-corrected chi connectivity index (χ3v) is 2.12. The molecular formula is C10H11F2N3O3. The minimum absolute atomic E-state index is 0.0567. The molecule has 1 aromatic rings. The number of nitrogens with zero attached hydrogens (tertiary/aromatic N) is 1. The third-order valence-electron chi connectivity index (χ3n) is 2.12. The zero-order chi connectivity index (χ0) is 13.7. The van der Waals surface area contributed by atoms with Crippen molar-refractivity contribution in [3.05, 3.63) is 33.9 Å². The summed E-state index contributed by atoms with van der Waals surface area (Å²) in [6.45, 7) is 0.291. The van der Waals surface area contributed by atoms with Gasteiger partial charge in [-0.3, -0.25) is 14.9 Å². The van der Waals surface area contributed by atoms with Gasteiger partial charge in [-0.05, 0) is 13.0 Å². The summed E-state index contributed by atoms with van der Waals surface area (Å²) in [6.07, 6.45) is 0.456. The number of benzene rings is 1. The zero-order valence-electron chi connectivity index (χ0n) is 9.28. The molecular weight excluding hydrogens is 248 g/mol. The molecule has 0 spiro atoms. The Labute approximate surface area is 101 Å². The maximum atomic E-state index is 13.3. The Balaban J connectivity index is 2.92. The molecule has 0 heterocycles. The van der Waals surface area contributed by atoms with Crippen molar-refractivity contribution in [1.82, 2.24) is 0 Å². The second kappa shape index (κ2) is 6.01. The van der Waals surface area contributed by atoms with Gasteiger partial charge in [0.1, 0.15) is 5.82 Å². The van der Waals surface area contributed by atoms with Gasteiger partial charge in [-0.15, -0.1) is 0 Å². The summed E-state index contributed by atoms with van der Waals surface area (Å²) in [5, 5.41) is 12.6. The summed E-state index contributed by atoms with van der Waals surface area (Å²) >= 11 is 0. The van der Waals surface area contributed by atoms with Crippen molar-refractivity contribution in [2.24, 2.45) is 5.73 Å². The molecule has 0 fully saturated rings. The second-order valence-electron chi connectivity index (χ2n) is 3.48. The number of nitrogens with two attached hydrogens (primary N) is 1. The maximum absolute atomic E-state index is 13.3. The monoisotopic (exact) mass is 259 g/mol. The quantitative estimate of drug-likeness (QED) is 0.619. The number of halogens is 2. The van der Waals surface area contributed by atoms with Crippen LogP contribution in [0.15, 0.2) is 12.1 Å². The number of rotatable bonds is 5. The number of hydrogen-bond donors (Lipinski definition) is 2. The van der Waals surface area contributed by atoms with E-state index in [1.807, 2.05) is 0 Å². The molecule has 0 atom stereocenters. The van der Waals surface area contributed by atoms with Crippen LogP contribution in [0.2, 0.25) is 0 Å². The minimum Gasteiger partial charge on any atom is -0.330 e. The predicted octanol–water partition coefficient (Wildman–Crippen LogP) is 1.55. The molecule has 6 nitrogen and oxygen atoms in total. The van der Waals surface area contributed by atoms with E-state index in [4.69, 9.17) is 5.73 Å². The lowest BCUT2D eigenvalue weighted by molar-refractivity contribution is -0.387. The van der Waals surface area contributed by atoms with Gasteiger partial charge in [-0.2, -0.15) is 4.39 Å². The van der Waals surface area contributed by atoms with Gasteiger partial charge >= 0.3 is 5.69 Å². The highest BCUT2D eigenvalue weighted by Crippen LogP contribution is 2.25. The summed E-state index contributed by atoms with van der Waals surface area (Å²) < 4.78 is 26.3. The molecule has 3 N–H and O–H groups in total. The number of anilines is 1. The Morgan fingerprint density at radius 1 is 1.39 bits per heavy atom. The van der Waals surface area contributed by atoms with E-state index in [0.29, 0.717) is 25.1 Å². The van der Waals surface area contributed by atoms with Crippen molar-refractivity contribution >= 4 is 17.3 Å². The van der Waals surface area contributed by atoms with Crippen LogP contribution in [0.5, 0.6) is 0 Å². The molecule has 0 saturated carbocycles. The van der Waals surface area contributed by atoms with E-state index in [-0.39, 0.29) is 6.42 Å². The van der Waals surface area contributed by atoms with Gasteiger partial charge in [0.2, 0.25) is 11.7 Å². The fourth-order valence-electron chi connectivity index (χ4n) is 1.25. The number of amides is 1. The van der Waals surface area contributed by atoms with Gasteiger partial charge in [-0.25, -0.2) is 4.39 Å². The maximum Gasteiger partial charge on any atom is 0.307 e. The van der Waals surface area contributed by atoms with Gasteiger partial charge in [0.15, 0.2) is 0 Å². The van der Waals surface area contributed by atoms with E-state index in [2.05, 4.69) is 5.32 Å². The predicted molar refractivity (Wildman–Crippen MR) is 59.9 cm³/mol. The first kappa shape index (κ1) is 14.0. The first-order valence-corrected chi connectivity index (χ1v) is 5.09. The number of nitro benzene ring substituents is 1. The van der Waals surface area contributed by atoms with Crippen LogP contribution >= 0.6 is 0 Å². The fraction of sp³-hybridized carbons (Fsp3) is 0.300. The number of carbonyl (C=O) groups excluding carboxylic acids is 1. The molecule has 1 rings (SSSR count). The molecule has 1 aromatic carbocycles. The molecule has 0 aliphatic heterocycles. The standard InChI is InChI=1S/C10H11F2N3O3/c11-6-4-7(12)9(15(17)18)5-8(6)14-10(16)2-1-3-13/h4-5H,1-3,13H2,(H,14,16). The van der Waals surface area contributed by atoms with Crippen LogP contribution in [0.25, 0.3) is 0 Å². The van der Waals surface area contributed by atoms with Crippen molar-refractivity contribution in [2.75, 3.05) is 11.9 Å². The topological polar surface area (TPSA) is 98.3 Å². The zero-order valence-corrected chi connectivity index (χ0v) is 9.28. The highest BCUT2D eigenvalue weighted by Gasteiger charge is 2.19. The molecule has 18 heavy (non-hydrogen) atoms. The van der Waals surface area contributed by atoms with Gasteiger partial charge in [0.05, 0.1) is 10.6 Å². The van der Waals surface area contributed by atoms with Crippen LogP contribution in [-0.2, 0) is 4.79 Å². The van der Waals surface area contributed by atoms with Crippen LogP contribution in [0.3, 0.4) is 0 Å². The summed E-state index contributed by atoms with van der Waals surface area (Å²) in [5.41, 5.74) is 3.87. The van der Waals surface area contributed by atoms with Gasteiger partial charge in [0.25, 0.3) is 0 Å². The van der Waals surface area contributed by atoms with Gasteiger partial charge < -0.3 is 11.1 Å². The molecule has 0 aliphatic rings.